The highest BCUT2D eigenvalue weighted by Gasteiger charge is 2.17. The monoisotopic (exact) mass is 558 g/mol. The van der Waals surface area contributed by atoms with Crippen molar-refractivity contribution in [1.29, 1.82) is 0 Å². The van der Waals surface area contributed by atoms with E-state index in [2.05, 4.69) is 48.5 Å². The maximum atomic E-state index is 6.45. The van der Waals surface area contributed by atoms with E-state index in [1.54, 1.807) is 9.75 Å². The average molecular weight is 559 g/mol. The van der Waals surface area contributed by atoms with Gasteiger partial charge in [-0.2, -0.15) is 0 Å². The summed E-state index contributed by atoms with van der Waals surface area (Å²) in [7, 11) is 0. The standard InChI is InChI=1S/C36H46OS2/c1-3-7-11-15-27(16-12-8-4-1)33-23-29-19-21-31(25-35(29)38-33)37-32-22-20-30-24-34(39-36(30)26-32)28-17-13-9-5-2-6-10-14-18-28/h19-28H,1-18H2. The van der Waals surface area contributed by atoms with Crippen LogP contribution in [0.15, 0.2) is 48.5 Å². The first-order valence-electron chi connectivity index (χ1n) is 16.1. The Kier molecular flexibility index (Phi) is 9.59. The summed E-state index contributed by atoms with van der Waals surface area (Å²) in [4.78, 5) is 3.19. The number of hydrogen-bond donors (Lipinski definition) is 0. The molecule has 2 aromatic carbocycles. The minimum Gasteiger partial charge on any atom is -0.457 e. The third-order valence-electron chi connectivity index (χ3n) is 9.27. The first kappa shape index (κ1) is 27.3. The SMILES string of the molecule is c1cc2cc(C3CCCCCCCCC3)sc2cc1Oc1ccc2cc(C3CCCCCCCCC3)sc2c1. The largest absolute Gasteiger partial charge is 0.457 e. The van der Waals surface area contributed by atoms with Gasteiger partial charge in [-0.15, -0.1) is 22.7 Å². The van der Waals surface area contributed by atoms with E-state index in [1.807, 2.05) is 22.7 Å². The summed E-state index contributed by atoms with van der Waals surface area (Å²) < 4.78 is 9.19. The highest BCUT2D eigenvalue weighted by atomic mass is 32.1. The molecular weight excluding hydrogens is 513 g/mol. The molecule has 0 spiro atoms. The minimum atomic E-state index is 0.743. The first-order chi connectivity index (χ1) is 19.3. The highest BCUT2D eigenvalue weighted by Crippen LogP contribution is 2.41. The van der Waals surface area contributed by atoms with Crippen molar-refractivity contribution < 1.29 is 4.74 Å². The van der Waals surface area contributed by atoms with Gasteiger partial charge in [0.1, 0.15) is 11.5 Å². The lowest BCUT2D eigenvalue weighted by atomic mass is 9.91. The van der Waals surface area contributed by atoms with Gasteiger partial charge in [0, 0.05) is 19.2 Å². The molecule has 2 heterocycles. The van der Waals surface area contributed by atoms with Gasteiger partial charge in [-0.1, -0.05) is 89.9 Å². The lowest BCUT2D eigenvalue weighted by molar-refractivity contribution is 0.466. The molecule has 0 N–H and O–H groups in total. The van der Waals surface area contributed by atoms with E-state index < -0.39 is 0 Å². The predicted octanol–water partition coefficient (Wildman–Crippen LogP) is 13.1. The van der Waals surface area contributed by atoms with Crippen molar-refractivity contribution in [3.63, 3.8) is 0 Å². The molecule has 2 saturated carbocycles. The second-order valence-electron chi connectivity index (χ2n) is 12.3. The Hall–Kier alpha value is -1.84. The van der Waals surface area contributed by atoms with Crippen LogP contribution in [-0.4, -0.2) is 0 Å². The molecule has 0 bridgehead atoms. The first-order valence-corrected chi connectivity index (χ1v) is 17.7. The summed E-state index contributed by atoms with van der Waals surface area (Å²) in [6.45, 7) is 0. The molecule has 0 amide bonds. The van der Waals surface area contributed by atoms with Crippen molar-refractivity contribution in [3.8, 4) is 11.5 Å². The lowest BCUT2D eigenvalue weighted by Gasteiger charge is -2.17. The van der Waals surface area contributed by atoms with E-state index in [4.69, 9.17) is 4.74 Å². The molecule has 208 valence electrons. The molecule has 39 heavy (non-hydrogen) atoms. The van der Waals surface area contributed by atoms with E-state index in [1.165, 1.54) is 136 Å². The van der Waals surface area contributed by atoms with Crippen LogP contribution in [0.3, 0.4) is 0 Å². The van der Waals surface area contributed by atoms with Gasteiger partial charge in [0.15, 0.2) is 0 Å². The number of benzene rings is 2. The van der Waals surface area contributed by atoms with Crippen LogP contribution in [0.25, 0.3) is 20.2 Å². The van der Waals surface area contributed by atoms with Crippen molar-refractivity contribution >= 4 is 42.8 Å². The van der Waals surface area contributed by atoms with Gasteiger partial charge in [-0.05, 0) is 96.8 Å². The van der Waals surface area contributed by atoms with Crippen molar-refractivity contribution in [2.45, 2.75) is 127 Å². The third kappa shape index (κ3) is 7.27. The molecule has 3 heteroatoms. The van der Waals surface area contributed by atoms with Crippen LogP contribution in [0, 0.1) is 0 Å². The average Bonchev–Trinajstić information content (AvgIpc) is 3.58. The maximum absolute atomic E-state index is 6.45. The zero-order chi connectivity index (χ0) is 26.3. The summed E-state index contributed by atoms with van der Waals surface area (Å²) >= 11 is 4.01. The van der Waals surface area contributed by atoms with Crippen LogP contribution in [0.5, 0.6) is 11.5 Å². The Morgan fingerprint density at radius 1 is 0.436 bits per heavy atom. The van der Waals surface area contributed by atoms with Crippen LogP contribution >= 0.6 is 22.7 Å². The fourth-order valence-corrected chi connectivity index (χ4v) is 9.44. The van der Waals surface area contributed by atoms with Crippen LogP contribution in [-0.2, 0) is 0 Å². The fraction of sp³-hybridized carbons (Fsp3) is 0.556. The second kappa shape index (κ2) is 13.7. The molecule has 0 atom stereocenters. The Labute approximate surface area is 244 Å². The van der Waals surface area contributed by atoms with Crippen molar-refractivity contribution in [1.82, 2.24) is 0 Å². The molecule has 2 fully saturated rings. The molecule has 0 aliphatic heterocycles. The number of thiophene rings is 2. The molecule has 0 radical (unpaired) electrons. The molecule has 6 rings (SSSR count). The Morgan fingerprint density at radius 2 is 0.795 bits per heavy atom. The van der Waals surface area contributed by atoms with Gasteiger partial charge in [-0.25, -0.2) is 0 Å². The predicted molar refractivity (Wildman–Crippen MR) is 172 cm³/mol. The van der Waals surface area contributed by atoms with E-state index >= 15 is 0 Å². The summed E-state index contributed by atoms with van der Waals surface area (Å²) in [6.07, 6.45) is 25.3. The van der Waals surface area contributed by atoms with Gasteiger partial charge in [0.2, 0.25) is 0 Å². The van der Waals surface area contributed by atoms with Crippen LogP contribution < -0.4 is 4.74 Å². The molecule has 0 saturated heterocycles. The topological polar surface area (TPSA) is 9.23 Å². The zero-order valence-electron chi connectivity index (χ0n) is 23.7. The molecular formula is C36H46OS2. The third-order valence-corrected chi connectivity index (χ3v) is 11.8. The minimum absolute atomic E-state index is 0.743. The van der Waals surface area contributed by atoms with Gasteiger partial charge >= 0.3 is 0 Å². The molecule has 4 aromatic rings. The fourth-order valence-electron chi connectivity index (χ4n) is 6.92. The summed E-state index contributed by atoms with van der Waals surface area (Å²) in [6, 6.07) is 18.4. The van der Waals surface area contributed by atoms with Gasteiger partial charge in [0.05, 0.1) is 0 Å². The molecule has 2 aliphatic carbocycles. The normalized spacial score (nSPS) is 19.8. The van der Waals surface area contributed by atoms with Crippen LogP contribution in [0.4, 0.5) is 0 Å². The molecule has 1 nitrogen and oxygen atoms in total. The van der Waals surface area contributed by atoms with Crippen LogP contribution in [0.2, 0.25) is 0 Å². The smallest absolute Gasteiger partial charge is 0.128 e. The molecule has 0 unspecified atom stereocenters. The highest BCUT2D eigenvalue weighted by molar-refractivity contribution is 7.19. The van der Waals surface area contributed by atoms with Crippen LogP contribution in [0.1, 0.15) is 137 Å². The summed E-state index contributed by atoms with van der Waals surface area (Å²) in [5.74, 6) is 3.41. The Bertz CT molecular complexity index is 1210. The number of hydrogen-bond acceptors (Lipinski definition) is 3. The molecule has 2 aliphatic rings. The van der Waals surface area contributed by atoms with Gasteiger partial charge < -0.3 is 4.74 Å². The number of fused-ring (bicyclic) bond motifs is 2. The lowest BCUT2D eigenvalue weighted by Crippen LogP contribution is -1.99. The Morgan fingerprint density at radius 3 is 1.18 bits per heavy atom. The quantitative estimate of drug-likeness (QED) is 0.242. The summed E-state index contributed by atoms with van der Waals surface area (Å²) in [5, 5.41) is 2.76. The van der Waals surface area contributed by atoms with E-state index in [-0.39, 0.29) is 0 Å². The number of ether oxygens (including phenoxy) is 1. The van der Waals surface area contributed by atoms with Crippen molar-refractivity contribution in [2.75, 3.05) is 0 Å². The van der Waals surface area contributed by atoms with Gasteiger partial charge in [0.25, 0.3) is 0 Å². The van der Waals surface area contributed by atoms with E-state index in [0.717, 1.165) is 23.3 Å². The Balaban J connectivity index is 1.15. The number of rotatable bonds is 4. The maximum Gasteiger partial charge on any atom is 0.128 e. The summed E-state index contributed by atoms with van der Waals surface area (Å²) in [5.41, 5.74) is 0. The molecule has 2 aromatic heterocycles. The van der Waals surface area contributed by atoms with Gasteiger partial charge in [-0.3, -0.25) is 0 Å². The zero-order valence-corrected chi connectivity index (χ0v) is 25.4. The van der Waals surface area contributed by atoms with E-state index in [0.29, 0.717) is 0 Å². The van der Waals surface area contributed by atoms with Crippen molar-refractivity contribution in [3.05, 3.63) is 58.3 Å². The van der Waals surface area contributed by atoms with Crippen molar-refractivity contribution in [2.24, 2.45) is 0 Å². The van der Waals surface area contributed by atoms with E-state index in [9.17, 15) is 0 Å². The second-order valence-corrected chi connectivity index (χ2v) is 14.5.